The smallest absolute Gasteiger partial charge is 0.323 e. The zero-order chi connectivity index (χ0) is 12.4. The van der Waals surface area contributed by atoms with Gasteiger partial charge in [-0.2, -0.15) is 0 Å². The van der Waals surface area contributed by atoms with Crippen LogP contribution < -0.4 is 4.90 Å². The number of benzene rings is 1. The standard InChI is InChI=1S/C14H20N2O/c1-4-15-9-10-16(14(15)17)13-7-5-12(6-8-13)11(2)3/h5-8,11H,4,9-10H2,1-3H3. The van der Waals surface area contributed by atoms with Crippen LogP contribution in [0.4, 0.5) is 10.5 Å². The van der Waals surface area contributed by atoms with Gasteiger partial charge in [0.15, 0.2) is 0 Å². The maximum Gasteiger partial charge on any atom is 0.324 e. The van der Waals surface area contributed by atoms with E-state index in [1.165, 1.54) is 5.56 Å². The van der Waals surface area contributed by atoms with Crippen LogP contribution >= 0.6 is 0 Å². The van der Waals surface area contributed by atoms with Crippen LogP contribution in [0.1, 0.15) is 32.3 Å². The summed E-state index contributed by atoms with van der Waals surface area (Å²) in [7, 11) is 0. The molecular formula is C14H20N2O. The quantitative estimate of drug-likeness (QED) is 0.785. The minimum absolute atomic E-state index is 0.129. The average molecular weight is 232 g/mol. The minimum Gasteiger partial charge on any atom is -0.323 e. The maximum atomic E-state index is 12.0. The molecule has 2 rings (SSSR count). The van der Waals surface area contributed by atoms with Crippen LogP contribution in [-0.2, 0) is 0 Å². The van der Waals surface area contributed by atoms with E-state index in [2.05, 4.69) is 26.0 Å². The van der Waals surface area contributed by atoms with E-state index < -0.39 is 0 Å². The van der Waals surface area contributed by atoms with Crippen molar-refractivity contribution in [3.8, 4) is 0 Å². The lowest BCUT2D eigenvalue weighted by molar-refractivity contribution is 0.223. The van der Waals surface area contributed by atoms with Crippen molar-refractivity contribution in [2.75, 3.05) is 24.5 Å². The minimum atomic E-state index is 0.129. The van der Waals surface area contributed by atoms with Crippen molar-refractivity contribution in [2.45, 2.75) is 26.7 Å². The van der Waals surface area contributed by atoms with Gasteiger partial charge in [-0.3, -0.25) is 4.90 Å². The summed E-state index contributed by atoms with van der Waals surface area (Å²) in [6, 6.07) is 8.45. The first kappa shape index (κ1) is 12.0. The predicted molar refractivity (Wildman–Crippen MR) is 70.5 cm³/mol. The van der Waals surface area contributed by atoms with Crippen LogP contribution in [0.2, 0.25) is 0 Å². The summed E-state index contributed by atoms with van der Waals surface area (Å²) in [5.41, 5.74) is 2.32. The Morgan fingerprint density at radius 1 is 1.18 bits per heavy atom. The third kappa shape index (κ3) is 2.28. The maximum absolute atomic E-state index is 12.0. The van der Waals surface area contributed by atoms with E-state index >= 15 is 0 Å². The van der Waals surface area contributed by atoms with Crippen LogP contribution in [0.25, 0.3) is 0 Å². The van der Waals surface area contributed by atoms with E-state index in [1.807, 2.05) is 28.9 Å². The third-order valence-electron chi connectivity index (χ3n) is 3.35. The Bertz CT molecular complexity index is 397. The Morgan fingerprint density at radius 3 is 2.29 bits per heavy atom. The lowest BCUT2D eigenvalue weighted by Gasteiger charge is -2.18. The first-order valence-electron chi connectivity index (χ1n) is 6.30. The number of hydrogen-bond acceptors (Lipinski definition) is 1. The van der Waals surface area contributed by atoms with Crippen molar-refractivity contribution in [3.63, 3.8) is 0 Å². The summed E-state index contributed by atoms with van der Waals surface area (Å²) < 4.78 is 0. The van der Waals surface area contributed by atoms with E-state index in [0.29, 0.717) is 5.92 Å². The first-order chi connectivity index (χ1) is 8.13. The van der Waals surface area contributed by atoms with Gasteiger partial charge in [0.1, 0.15) is 0 Å². The average Bonchev–Trinajstić information content (AvgIpc) is 2.70. The Morgan fingerprint density at radius 2 is 1.82 bits per heavy atom. The Labute approximate surface area is 103 Å². The number of amides is 2. The van der Waals surface area contributed by atoms with Crippen molar-refractivity contribution < 1.29 is 4.79 Å². The normalized spacial score (nSPS) is 16.1. The van der Waals surface area contributed by atoms with E-state index in [4.69, 9.17) is 0 Å². The van der Waals surface area contributed by atoms with E-state index in [1.54, 1.807) is 0 Å². The molecule has 0 bridgehead atoms. The monoisotopic (exact) mass is 232 g/mol. The molecule has 3 nitrogen and oxygen atoms in total. The number of hydrogen-bond donors (Lipinski definition) is 0. The topological polar surface area (TPSA) is 23.6 Å². The van der Waals surface area contributed by atoms with Gasteiger partial charge >= 0.3 is 6.03 Å². The summed E-state index contributed by atoms with van der Waals surface area (Å²) in [5.74, 6) is 0.533. The third-order valence-corrected chi connectivity index (χ3v) is 3.35. The Balaban J connectivity index is 2.16. The number of urea groups is 1. The van der Waals surface area contributed by atoms with Gasteiger partial charge in [0.05, 0.1) is 0 Å². The molecule has 0 N–H and O–H groups in total. The molecule has 1 aromatic carbocycles. The van der Waals surface area contributed by atoms with Crippen molar-refractivity contribution in [1.82, 2.24) is 4.90 Å². The van der Waals surface area contributed by atoms with Crippen LogP contribution in [-0.4, -0.2) is 30.6 Å². The number of rotatable bonds is 3. The summed E-state index contributed by atoms with van der Waals surface area (Å²) in [4.78, 5) is 15.7. The number of carbonyl (C=O) groups is 1. The largest absolute Gasteiger partial charge is 0.324 e. The molecule has 0 spiro atoms. The molecule has 17 heavy (non-hydrogen) atoms. The molecule has 1 aliphatic rings. The van der Waals surface area contributed by atoms with Crippen molar-refractivity contribution in [1.29, 1.82) is 0 Å². The lowest BCUT2D eigenvalue weighted by atomic mass is 10.0. The molecule has 3 heteroatoms. The second-order valence-electron chi connectivity index (χ2n) is 4.76. The van der Waals surface area contributed by atoms with Crippen LogP contribution in [0.5, 0.6) is 0 Å². The fourth-order valence-corrected chi connectivity index (χ4v) is 2.15. The van der Waals surface area contributed by atoms with E-state index in [0.717, 1.165) is 25.3 Å². The lowest BCUT2D eigenvalue weighted by Crippen LogP contribution is -2.31. The highest BCUT2D eigenvalue weighted by Gasteiger charge is 2.27. The zero-order valence-electron chi connectivity index (χ0n) is 10.8. The molecule has 1 fully saturated rings. The molecule has 1 aliphatic heterocycles. The number of likely N-dealkylation sites (N-methyl/N-ethyl adjacent to an activating group) is 1. The Kier molecular flexibility index (Phi) is 3.36. The van der Waals surface area contributed by atoms with Gasteiger partial charge in [-0.05, 0) is 30.5 Å². The van der Waals surface area contributed by atoms with Crippen molar-refractivity contribution in [3.05, 3.63) is 29.8 Å². The molecular weight excluding hydrogens is 212 g/mol. The first-order valence-corrected chi connectivity index (χ1v) is 6.30. The van der Waals surface area contributed by atoms with Gasteiger partial charge in [0, 0.05) is 25.3 Å². The van der Waals surface area contributed by atoms with Gasteiger partial charge in [-0.25, -0.2) is 4.79 Å². The highest BCUT2D eigenvalue weighted by Crippen LogP contribution is 2.23. The summed E-state index contributed by atoms with van der Waals surface area (Å²) >= 11 is 0. The van der Waals surface area contributed by atoms with Gasteiger partial charge < -0.3 is 4.90 Å². The number of carbonyl (C=O) groups excluding carboxylic acids is 1. The highest BCUT2D eigenvalue weighted by molar-refractivity contribution is 5.94. The van der Waals surface area contributed by atoms with E-state index in [9.17, 15) is 4.79 Å². The summed E-state index contributed by atoms with van der Waals surface area (Å²) in [5, 5.41) is 0. The summed E-state index contributed by atoms with van der Waals surface area (Å²) in [6.07, 6.45) is 0. The van der Waals surface area contributed by atoms with Gasteiger partial charge in [0.2, 0.25) is 0 Å². The van der Waals surface area contributed by atoms with Gasteiger partial charge in [0.25, 0.3) is 0 Å². The Hall–Kier alpha value is -1.51. The number of nitrogens with zero attached hydrogens (tertiary/aromatic N) is 2. The molecule has 0 aromatic heterocycles. The number of anilines is 1. The molecule has 0 radical (unpaired) electrons. The van der Waals surface area contributed by atoms with Crippen LogP contribution in [0.3, 0.4) is 0 Å². The molecule has 0 saturated carbocycles. The van der Waals surface area contributed by atoms with Crippen LogP contribution in [0, 0.1) is 0 Å². The van der Waals surface area contributed by atoms with Gasteiger partial charge in [-0.1, -0.05) is 26.0 Å². The van der Waals surface area contributed by atoms with Gasteiger partial charge in [-0.15, -0.1) is 0 Å². The predicted octanol–water partition coefficient (Wildman–Crippen LogP) is 3.07. The molecule has 0 unspecified atom stereocenters. The summed E-state index contributed by atoms with van der Waals surface area (Å²) in [6.45, 7) is 8.79. The van der Waals surface area contributed by atoms with Crippen LogP contribution in [0.15, 0.2) is 24.3 Å². The second-order valence-corrected chi connectivity index (χ2v) is 4.76. The second kappa shape index (κ2) is 4.78. The zero-order valence-corrected chi connectivity index (χ0v) is 10.8. The molecule has 0 atom stereocenters. The van der Waals surface area contributed by atoms with Crippen molar-refractivity contribution >= 4 is 11.7 Å². The molecule has 1 saturated heterocycles. The highest BCUT2D eigenvalue weighted by atomic mass is 16.2. The van der Waals surface area contributed by atoms with E-state index in [-0.39, 0.29) is 6.03 Å². The molecule has 2 amide bonds. The molecule has 1 heterocycles. The fraction of sp³-hybridized carbons (Fsp3) is 0.500. The fourth-order valence-electron chi connectivity index (χ4n) is 2.15. The molecule has 1 aromatic rings. The molecule has 0 aliphatic carbocycles. The molecule has 92 valence electrons. The van der Waals surface area contributed by atoms with Crippen molar-refractivity contribution in [2.24, 2.45) is 0 Å². The SMILES string of the molecule is CCN1CCN(c2ccc(C(C)C)cc2)C1=O.